The molecule has 1 aromatic carbocycles. The van der Waals surface area contributed by atoms with E-state index in [1.807, 2.05) is 13.0 Å². The first-order chi connectivity index (χ1) is 41.8. The molecule has 4 aliphatic heterocycles. The largest absolute Gasteiger partial charge is 0.504 e. The number of hydrogen-bond donors (Lipinski definition) is 7. The number of nitrogens with one attached hydrogen (secondary N) is 5. The molecule has 4 bridgehead atoms. The fraction of sp³-hybridized carbons (Fsp3) is 0.708. The van der Waals surface area contributed by atoms with Gasteiger partial charge in [0.1, 0.15) is 44.2 Å². The quantitative estimate of drug-likeness (QED) is 0.0331. The Bertz CT molecular complexity index is 2870. The predicted molar refractivity (Wildman–Crippen MR) is 322 cm³/mol. The molecule has 7 N–H and O–H groups in total. The number of aromatic hydroxyl groups is 1. The van der Waals surface area contributed by atoms with Crippen LogP contribution in [0.2, 0.25) is 0 Å². The Balaban J connectivity index is 0.575. The highest BCUT2D eigenvalue weighted by atomic mass is 19.3. The molecule has 478 valence electrons. The Hall–Kier alpha value is -5.81. The second-order valence-corrected chi connectivity index (χ2v) is 26.5. The first kappa shape index (κ1) is 64.2. The number of aryl methyl sites for hydroxylation is 1. The predicted octanol–water partition coefficient (Wildman–Crippen LogP) is 6.38. The molecule has 0 radical (unpaired) electrons. The van der Waals surface area contributed by atoms with Crippen LogP contribution < -0.4 is 31.3 Å². The Kier molecular flexibility index (Phi) is 20.6. The number of fused-ring (bicyclic) bond motifs is 2. The standard InChI is InChI=1S/C65H94F2N10O10/c1-6-46(16-12-41(4)50(72-62(83)44-20-24-63(66,67)25-21-44)23-30-76-47-17-18-48(76)34-49(33-47)77-42(5)73-74-61(77)40(2)3)70-56(81)38-85-36-54(79)68-28-10-8-7-9-11-29-69-55(80)37-86-39-57(82)71-51-22-26-65(84)53-32-45-15-19-52(78)59-58(45)64(65,60(51)87-59)27-31-75(53)35-43-13-14-43/h6,12,15-16,19,40,43-44,47-51,53,60,78,84H,4,7-11,13-14,17-18,20-39H2,1-3,5H3,(H,68,79)(H,69,80)(H,70,81)(H,71,82)(H,72,83). The van der Waals surface area contributed by atoms with Crippen LogP contribution in [0.15, 0.2) is 48.2 Å². The second kappa shape index (κ2) is 27.9. The van der Waals surface area contributed by atoms with Gasteiger partial charge in [0.15, 0.2) is 11.5 Å². The van der Waals surface area contributed by atoms with Gasteiger partial charge in [0.25, 0.3) is 0 Å². The van der Waals surface area contributed by atoms with E-state index in [2.05, 4.69) is 71.6 Å². The molecule has 87 heavy (non-hydrogen) atoms. The van der Waals surface area contributed by atoms with Gasteiger partial charge in [-0.05, 0) is 146 Å². The fourth-order valence-corrected chi connectivity index (χ4v) is 15.7. The van der Waals surface area contributed by atoms with Gasteiger partial charge in [-0.2, -0.15) is 0 Å². The minimum Gasteiger partial charge on any atom is -0.504 e. The number of halogens is 2. The minimum atomic E-state index is -2.75. The number of carbonyl (C=O) groups excluding carboxylic acids is 5. The number of rotatable bonds is 30. The number of unbranched alkanes of at least 4 members (excludes halogenated alkanes) is 4. The van der Waals surface area contributed by atoms with Crippen LogP contribution in [0.4, 0.5) is 8.78 Å². The molecule has 6 fully saturated rings. The highest BCUT2D eigenvalue weighted by Crippen LogP contribution is 2.65. The van der Waals surface area contributed by atoms with E-state index in [1.165, 1.54) is 12.8 Å². The van der Waals surface area contributed by atoms with Crippen LogP contribution in [0.1, 0.15) is 178 Å². The van der Waals surface area contributed by atoms with Gasteiger partial charge < -0.3 is 55.6 Å². The van der Waals surface area contributed by atoms with Crippen molar-refractivity contribution < 1.29 is 57.2 Å². The SMILES string of the molecule is C=C(C=CC(=CC)NC(=O)COCC(=O)NCCCCCCCNC(=O)COCC(=O)NC1CCC2(O)C3Cc4ccc(O)c5c4C2(CCN3CC2CC2)C1O5)C(CCN1C2CCC1CC(n1c(C)nnc1C(C)C)C2)NC(=O)C1CCC(F)(F)CC1. The molecular formula is C65H94F2N10O10. The summed E-state index contributed by atoms with van der Waals surface area (Å²) in [6.45, 7) is 14.6. The number of amides is 5. The summed E-state index contributed by atoms with van der Waals surface area (Å²) in [6.07, 6.45) is 18.0. The number of benzene rings is 1. The van der Waals surface area contributed by atoms with Crippen molar-refractivity contribution >= 4 is 29.5 Å². The van der Waals surface area contributed by atoms with E-state index in [0.29, 0.717) is 86.3 Å². The molecule has 3 saturated heterocycles. The summed E-state index contributed by atoms with van der Waals surface area (Å²) in [5.74, 6) is -1.59. The lowest BCUT2D eigenvalue weighted by atomic mass is 9.48. The van der Waals surface area contributed by atoms with Gasteiger partial charge in [0.2, 0.25) is 35.5 Å². The molecule has 1 aromatic heterocycles. The smallest absolute Gasteiger partial charge is 0.250 e. The highest BCUT2D eigenvalue weighted by molar-refractivity contribution is 5.82. The molecule has 8 aliphatic rings. The van der Waals surface area contributed by atoms with E-state index in [9.17, 15) is 43.0 Å². The first-order valence-electron chi connectivity index (χ1n) is 32.4. The van der Waals surface area contributed by atoms with Crippen molar-refractivity contribution in [1.82, 2.24) is 51.1 Å². The summed E-state index contributed by atoms with van der Waals surface area (Å²) in [7, 11) is 0. The first-order valence-corrected chi connectivity index (χ1v) is 32.4. The van der Waals surface area contributed by atoms with E-state index in [-0.39, 0.29) is 93.4 Å². The third-order valence-corrected chi connectivity index (χ3v) is 20.3. The zero-order valence-corrected chi connectivity index (χ0v) is 51.5. The van der Waals surface area contributed by atoms with Gasteiger partial charge >= 0.3 is 0 Å². The zero-order valence-electron chi connectivity index (χ0n) is 51.5. The summed E-state index contributed by atoms with van der Waals surface area (Å²) >= 11 is 0. The van der Waals surface area contributed by atoms with E-state index < -0.39 is 47.0 Å². The van der Waals surface area contributed by atoms with Gasteiger partial charge in [0, 0.05) is 86.3 Å². The molecule has 5 amide bonds. The molecule has 10 rings (SSSR count). The summed E-state index contributed by atoms with van der Waals surface area (Å²) in [6, 6.07) is 3.79. The number of likely N-dealkylation sites (tertiary alicyclic amines) is 1. The molecule has 2 aromatic rings. The molecule has 22 heteroatoms. The van der Waals surface area contributed by atoms with Crippen molar-refractivity contribution in [2.75, 3.05) is 59.2 Å². The highest BCUT2D eigenvalue weighted by Gasteiger charge is 2.73. The van der Waals surface area contributed by atoms with Crippen LogP contribution in [0.5, 0.6) is 11.5 Å². The Labute approximate surface area is 510 Å². The Morgan fingerprint density at radius 2 is 1.48 bits per heavy atom. The number of hydrogen-bond acceptors (Lipinski definition) is 14. The van der Waals surface area contributed by atoms with E-state index >= 15 is 0 Å². The molecule has 5 heterocycles. The maximum atomic E-state index is 14.1. The van der Waals surface area contributed by atoms with Crippen molar-refractivity contribution in [3.05, 3.63) is 71.0 Å². The lowest BCUT2D eigenvalue weighted by Crippen LogP contribution is -2.78. The summed E-state index contributed by atoms with van der Waals surface area (Å²) in [5.41, 5.74) is 1.30. The number of phenolic OH excluding ortho intramolecular Hbond substituents is 1. The van der Waals surface area contributed by atoms with Crippen LogP contribution >= 0.6 is 0 Å². The molecule has 3 saturated carbocycles. The van der Waals surface area contributed by atoms with E-state index in [4.69, 9.17) is 14.2 Å². The number of aromatic nitrogens is 3. The van der Waals surface area contributed by atoms with Crippen LogP contribution in [-0.2, 0) is 45.3 Å². The number of allylic oxidation sites excluding steroid dienone is 2. The van der Waals surface area contributed by atoms with Crippen LogP contribution in [0.3, 0.4) is 0 Å². The maximum absolute atomic E-state index is 14.1. The van der Waals surface area contributed by atoms with Crippen molar-refractivity contribution in [3.63, 3.8) is 0 Å². The Morgan fingerprint density at radius 1 is 0.828 bits per heavy atom. The maximum Gasteiger partial charge on any atom is 0.250 e. The Morgan fingerprint density at radius 3 is 2.14 bits per heavy atom. The number of aliphatic hydroxyl groups is 1. The minimum absolute atomic E-state index is 0.0508. The lowest BCUT2D eigenvalue weighted by molar-refractivity contribution is -0.192. The van der Waals surface area contributed by atoms with Crippen molar-refractivity contribution in [2.24, 2.45) is 11.8 Å². The van der Waals surface area contributed by atoms with E-state index in [1.54, 1.807) is 31.2 Å². The number of nitrogens with zero attached hydrogens (tertiary/aromatic N) is 5. The third kappa shape index (κ3) is 14.6. The summed E-state index contributed by atoms with van der Waals surface area (Å²) in [5, 5.41) is 47.2. The second-order valence-electron chi connectivity index (χ2n) is 26.5. The van der Waals surface area contributed by atoms with Gasteiger partial charge in [-0.15, -0.1) is 10.2 Å². The molecule has 20 nitrogen and oxygen atoms in total. The van der Waals surface area contributed by atoms with Crippen molar-refractivity contribution in [2.45, 2.75) is 221 Å². The average molecular weight is 1210 g/mol. The topological polar surface area (TPSA) is 251 Å². The zero-order chi connectivity index (χ0) is 61.6. The van der Waals surface area contributed by atoms with Gasteiger partial charge in [-0.1, -0.05) is 57.9 Å². The fourth-order valence-electron chi connectivity index (χ4n) is 15.7. The molecule has 1 spiro atoms. The van der Waals surface area contributed by atoms with Crippen LogP contribution in [0.25, 0.3) is 0 Å². The summed E-state index contributed by atoms with van der Waals surface area (Å²) in [4.78, 5) is 69.9. The number of piperidine rings is 2. The van der Waals surface area contributed by atoms with Gasteiger partial charge in [-0.3, -0.25) is 33.8 Å². The van der Waals surface area contributed by atoms with Crippen LogP contribution in [0, 0.1) is 18.8 Å². The van der Waals surface area contributed by atoms with E-state index in [0.717, 1.165) is 100 Å². The molecule has 4 aliphatic carbocycles. The number of carbonyl (C=O) groups is 5. The van der Waals surface area contributed by atoms with Gasteiger partial charge in [0.05, 0.1) is 23.1 Å². The van der Waals surface area contributed by atoms with Crippen molar-refractivity contribution in [3.8, 4) is 11.5 Å². The van der Waals surface area contributed by atoms with Gasteiger partial charge in [-0.25, -0.2) is 8.78 Å². The number of ether oxygens (including phenoxy) is 3. The molecule has 8 unspecified atom stereocenters. The monoisotopic (exact) mass is 1210 g/mol. The summed E-state index contributed by atoms with van der Waals surface area (Å²) < 4.78 is 47.9. The number of phenols is 1. The normalized spacial score (nSPS) is 27.8. The molecular weight excluding hydrogens is 1120 g/mol. The third-order valence-electron chi connectivity index (χ3n) is 20.3. The molecule has 8 atom stereocenters. The van der Waals surface area contributed by atoms with Crippen LogP contribution in [-0.4, -0.2) is 171 Å². The van der Waals surface area contributed by atoms with Crippen molar-refractivity contribution in [1.29, 1.82) is 0 Å². The average Bonchev–Trinajstić information content (AvgIpc) is 1.61. The lowest BCUT2D eigenvalue weighted by Gasteiger charge is -2.64. The number of alkyl halides is 2.